The number of hydrogen-bond donors (Lipinski definition) is 0. The van der Waals surface area contributed by atoms with Crippen molar-refractivity contribution in [3.05, 3.63) is 0 Å². The summed E-state index contributed by atoms with van der Waals surface area (Å²) in [4.78, 5) is 25.6. The van der Waals surface area contributed by atoms with Crippen LogP contribution in [0.1, 0.15) is 59.3 Å². The first-order valence-corrected chi connectivity index (χ1v) is 7.39. The Morgan fingerprint density at radius 1 is 1.21 bits per heavy atom. The molecule has 2 aliphatic rings. The molecule has 0 heterocycles. The summed E-state index contributed by atoms with van der Waals surface area (Å²) in [5.74, 6) is 0.352. The molecule has 0 bridgehead atoms. The fraction of sp³-hybridized carbons (Fsp3) is 0.867. The Kier molecular flexibility index (Phi) is 4.16. The Hall–Kier alpha value is -1.06. The molecule has 0 aromatic carbocycles. The van der Waals surface area contributed by atoms with Crippen molar-refractivity contribution in [1.29, 1.82) is 0 Å². The topological polar surface area (TPSA) is 46.6 Å². The first-order chi connectivity index (χ1) is 8.92. The second-order valence-corrected chi connectivity index (χ2v) is 6.79. The second-order valence-electron chi connectivity index (χ2n) is 6.79. The lowest BCUT2D eigenvalue weighted by Crippen LogP contribution is -2.50. The molecule has 19 heavy (non-hydrogen) atoms. The molecule has 0 radical (unpaired) electrons. The smallest absolute Gasteiger partial charge is 0.411 e. The summed E-state index contributed by atoms with van der Waals surface area (Å²) in [5, 5.41) is 0. The molecule has 0 N–H and O–H groups in total. The first-order valence-electron chi connectivity index (χ1n) is 7.39. The van der Waals surface area contributed by atoms with Gasteiger partial charge in [-0.15, -0.1) is 0 Å². The maximum Gasteiger partial charge on any atom is 0.411 e. The van der Waals surface area contributed by atoms with Gasteiger partial charge in [-0.25, -0.2) is 4.79 Å². The average Bonchev–Trinajstić information content (AvgIpc) is 2.99. The SMILES string of the molecule is CC(C)(C)OC(=O)N(C1CCCC1)C(C=O)C1CC1. The van der Waals surface area contributed by atoms with E-state index in [2.05, 4.69) is 0 Å². The Balaban J connectivity index is 2.12. The van der Waals surface area contributed by atoms with Crippen molar-refractivity contribution in [2.75, 3.05) is 0 Å². The number of carbonyl (C=O) groups excluding carboxylic acids is 2. The van der Waals surface area contributed by atoms with Crippen molar-refractivity contribution in [3.8, 4) is 0 Å². The highest BCUT2D eigenvalue weighted by molar-refractivity contribution is 5.74. The van der Waals surface area contributed by atoms with E-state index in [1.165, 1.54) is 0 Å². The van der Waals surface area contributed by atoms with Gasteiger partial charge in [-0.3, -0.25) is 4.90 Å². The van der Waals surface area contributed by atoms with Crippen LogP contribution in [-0.2, 0) is 9.53 Å². The predicted octanol–water partition coefficient (Wildman–Crippen LogP) is 3.14. The van der Waals surface area contributed by atoms with E-state index in [1.807, 2.05) is 20.8 Å². The van der Waals surface area contributed by atoms with Crippen LogP contribution in [0.4, 0.5) is 4.79 Å². The Morgan fingerprint density at radius 3 is 2.21 bits per heavy atom. The predicted molar refractivity (Wildman–Crippen MR) is 72.9 cm³/mol. The normalized spacial score (nSPS) is 22.1. The summed E-state index contributed by atoms with van der Waals surface area (Å²) >= 11 is 0. The fourth-order valence-electron chi connectivity index (χ4n) is 2.85. The van der Waals surface area contributed by atoms with Crippen LogP contribution < -0.4 is 0 Å². The number of nitrogens with zero attached hydrogens (tertiary/aromatic N) is 1. The van der Waals surface area contributed by atoms with E-state index < -0.39 is 5.60 Å². The molecule has 0 spiro atoms. The minimum atomic E-state index is -0.509. The molecule has 0 aliphatic heterocycles. The van der Waals surface area contributed by atoms with Crippen LogP contribution in [0.15, 0.2) is 0 Å². The zero-order valence-electron chi connectivity index (χ0n) is 12.2. The maximum absolute atomic E-state index is 12.4. The number of ether oxygens (including phenoxy) is 1. The van der Waals surface area contributed by atoms with Crippen LogP contribution in [0.3, 0.4) is 0 Å². The van der Waals surface area contributed by atoms with Crippen molar-refractivity contribution < 1.29 is 14.3 Å². The molecule has 1 amide bonds. The number of amides is 1. The third kappa shape index (κ3) is 3.71. The van der Waals surface area contributed by atoms with E-state index in [0.717, 1.165) is 44.8 Å². The van der Waals surface area contributed by atoms with Gasteiger partial charge in [0.25, 0.3) is 0 Å². The van der Waals surface area contributed by atoms with Gasteiger partial charge in [0.2, 0.25) is 0 Å². The van der Waals surface area contributed by atoms with Crippen molar-refractivity contribution in [1.82, 2.24) is 4.90 Å². The highest BCUT2D eigenvalue weighted by Crippen LogP contribution is 2.38. The van der Waals surface area contributed by atoms with Gasteiger partial charge >= 0.3 is 6.09 Å². The Bertz CT molecular complexity index is 338. The molecule has 4 nitrogen and oxygen atoms in total. The van der Waals surface area contributed by atoms with E-state index in [-0.39, 0.29) is 18.2 Å². The lowest BCUT2D eigenvalue weighted by Gasteiger charge is -2.35. The standard InChI is InChI=1S/C15H25NO3/c1-15(2,3)19-14(18)16(12-6-4-5-7-12)13(10-17)11-8-9-11/h10-13H,4-9H2,1-3H3. The fourth-order valence-corrected chi connectivity index (χ4v) is 2.85. The largest absolute Gasteiger partial charge is 0.444 e. The molecule has 0 aromatic rings. The van der Waals surface area contributed by atoms with Gasteiger partial charge in [0.05, 0.1) is 6.04 Å². The number of rotatable bonds is 4. The Morgan fingerprint density at radius 2 is 1.79 bits per heavy atom. The van der Waals surface area contributed by atoms with Crippen LogP contribution in [0, 0.1) is 5.92 Å². The molecule has 2 rings (SSSR count). The van der Waals surface area contributed by atoms with E-state index in [4.69, 9.17) is 4.74 Å². The third-order valence-corrected chi connectivity index (χ3v) is 3.89. The molecule has 1 unspecified atom stereocenters. The summed E-state index contributed by atoms with van der Waals surface area (Å²) in [6.45, 7) is 5.60. The summed E-state index contributed by atoms with van der Waals surface area (Å²) < 4.78 is 5.50. The van der Waals surface area contributed by atoms with Crippen LogP contribution in [0.5, 0.6) is 0 Å². The monoisotopic (exact) mass is 267 g/mol. The molecule has 108 valence electrons. The zero-order valence-corrected chi connectivity index (χ0v) is 12.2. The van der Waals surface area contributed by atoms with Crippen LogP contribution in [0.2, 0.25) is 0 Å². The first kappa shape index (κ1) is 14.4. The van der Waals surface area contributed by atoms with Crippen molar-refractivity contribution in [2.24, 2.45) is 5.92 Å². The van der Waals surface area contributed by atoms with E-state index >= 15 is 0 Å². The lowest BCUT2D eigenvalue weighted by atomic mass is 10.1. The lowest BCUT2D eigenvalue weighted by molar-refractivity contribution is -0.114. The highest BCUT2D eigenvalue weighted by atomic mass is 16.6. The zero-order chi connectivity index (χ0) is 14.0. The number of aldehydes is 1. The highest BCUT2D eigenvalue weighted by Gasteiger charge is 2.42. The summed E-state index contributed by atoms with van der Waals surface area (Å²) in [6, 6.07) is -0.0939. The third-order valence-electron chi connectivity index (χ3n) is 3.89. The minimum Gasteiger partial charge on any atom is -0.444 e. The van der Waals surface area contributed by atoms with Gasteiger partial charge in [0.15, 0.2) is 0 Å². The summed E-state index contributed by atoms with van der Waals surface area (Å²) in [5.41, 5.74) is -0.509. The van der Waals surface area contributed by atoms with Gasteiger partial charge in [-0.1, -0.05) is 12.8 Å². The second kappa shape index (κ2) is 5.51. The van der Waals surface area contributed by atoms with Gasteiger partial charge in [0.1, 0.15) is 11.9 Å². The van der Waals surface area contributed by atoms with Crippen molar-refractivity contribution in [2.45, 2.75) is 77.0 Å². The van der Waals surface area contributed by atoms with E-state index in [9.17, 15) is 9.59 Å². The van der Waals surface area contributed by atoms with Crippen LogP contribution >= 0.6 is 0 Å². The molecule has 2 aliphatic carbocycles. The van der Waals surface area contributed by atoms with Gasteiger partial charge in [-0.2, -0.15) is 0 Å². The van der Waals surface area contributed by atoms with Crippen LogP contribution in [-0.4, -0.2) is 35.0 Å². The molecule has 0 aromatic heterocycles. The average molecular weight is 267 g/mol. The van der Waals surface area contributed by atoms with E-state index in [1.54, 1.807) is 4.90 Å². The summed E-state index contributed by atoms with van der Waals surface area (Å²) in [7, 11) is 0. The van der Waals surface area contributed by atoms with Gasteiger partial charge < -0.3 is 9.53 Å². The quantitative estimate of drug-likeness (QED) is 0.735. The Labute approximate surface area is 115 Å². The molecular formula is C15H25NO3. The maximum atomic E-state index is 12.4. The van der Waals surface area contributed by atoms with Crippen LogP contribution in [0.25, 0.3) is 0 Å². The van der Waals surface area contributed by atoms with Gasteiger partial charge in [0, 0.05) is 6.04 Å². The van der Waals surface area contributed by atoms with Crippen molar-refractivity contribution in [3.63, 3.8) is 0 Å². The number of carbonyl (C=O) groups is 2. The molecule has 1 atom stereocenters. The molecule has 0 saturated heterocycles. The molecule has 4 heteroatoms. The van der Waals surface area contributed by atoms with E-state index in [0.29, 0.717) is 5.92 Å². The molecule has 2 saturated carbocycles. The molecular weight excluding hydrogens is 242 g/mol. The minimum absolute atomic E-state index is 0.186. The summed E-state index contributed by atoms with van der Waals surface area (Å²) in [6.07, 6.45) is 7.00. The van der Waals surface area contributed by atoms with Gasteiger partial charge in [-0.05, 0) is 52.4 Å². The number of hydrogen-bond acceptors (Lipinski definition) is 3. The molecule has 2 fully saturated rings. The van der Waals surface area contributed by atoms with Crippen molar-refractivity contribution >= 4 is 12.4 Å².